The Hall–Kier alpha value is -2.02. The van der Waals surface area contributed by atoms with E-state index in [0.29, 0.717) is 6.54 Å². The van der Waals surface area contributed by atoms with Crippen molar-refractivity contribution in [3.05, 3.63) is 29.8 Å². The average molecular weight is 268 g/mol. The summed E-state index contributed by atoms with van der Waals surface area (Å²) in [6, 6.07) is 1.11. The number of hydrogen-bond donors (Lipinski definition) is 0. The second-order valence-electron chi connectivity index (χ2n) is 4.03. The zero-order chi connectivity index (χ0) is 13.8. The minimum Gasteiger partial charge on any atom is -0.467 e. The second kappa shape index (κ2) is 5.75. The molecule has 1 unspecified atom stereocenters. The zero-order valence-electron chi connectivity index (χ0n) is 10.3. The van der Waals surface area contributed by atoms with Crippen LogP contribution in [0.3, 0.4) is 0 Å². The molecule has 1 atom stereocenters. The quantitative estimate of drug-likeness (QED) is 0.718. The Labute approximate surface area is 109 Å². The van der Waals surface area contributed by atoms with Crippen molar-refractivity contribution in [1.29, 1.82) is 0 Å². The third-order valence-electron chi connectivity index (χ3n) is 2.77. The van der Waals surface area contributed by atoms with Crippen LogP contribution in [0.1, 0.15) is 10.4 Å². The van der Waals surface area contributed by atoms with Gasteiger partial charge in [0.05, 0.1) is 32.0 Å². The summed E-state index contributed by atoms with van der Waals surface area (Å²) in [5.41, 5.74) is 0.144. The fourth-order valence-corrected chi connectivity index (χ4v) is 1.82. The third-order valence-corrected chi connectivity index (χ3v) is 2.77. The molecule has 2 heterocycles. The maximum absolute atomic E-state index is 13.0. The monoisotopic (exact) mass is 268 g/mol. The highest BCUT2D eigenvalue weighted by Crippen LogP contribution is 2.11. The Morgan fingerprint density at radius 1 is 1.53 bits per heavy atom. The maximum atomic E-state index is 13.0. The Morgan fingerprint density at radius 3 is 3.00 bits per heavy atom. The molecule has 0 spiro atoms. The Kier molecular flexibility index (Phi) is 4.06. The minimum absolute atomic E-state index is 0.0853. The molecule has 19 heavy (non-hydrogen) atoms. The molecule has 1 aliphatic rings. The topological polar surface area (TPSA) is 68.7 Å². The number of amides is 1. The standard InChI is InChI=1S/C12H13FN2O4/c1-18-12(17)10-7-15(2-3-19-10)11(16)8-4-9(13)6-14-5-8/h4-6,10H,2-3,7H2,1H3. The maximum Gasteiger partial charge on any atom is 0.336 e. The fourth-order valence-electron chi connectivity index (χ4n) is 1.82. The summed E-state index contributed by atoms with van der Waals surface area (Å²) in [7, 11) is 1.25. The highest BCUT2D eigenvalue weighted by atomic mass is 19.1. The highest BCUT2D eigenvalue weighted by molar-refractivity contribution is 5.94. The largest absolute Gasteiger partial charge is 0.467 e. The molecule has 102 valence electrons. The van der Waals surface area contributed by atoms with E-state index in [1.54, 1.807) is 0 Å². The van der Waals surface area contributed by atoms with Crippen LogP contribution in [-0.2, 0) is 14.3 Å². The first kappa shape index (κ1) is 13.4. The lowest BCUT2D eigenvalue weighted by Crippen LogP contribution is -2.48. The van der Waals surface area contributed by atoms with Crippen LogP contribution in [0.4, 0.5) is 4.39 Å². The molecule has 0 aromatic carbocycles. The smallest absolute Gasteiger partial charge is 0.336 e. The summed E-state index contributed by atoms with van der Waals surface area (Å²) in [6.45, 7) is 0.652. The molecule has 2 rings (SSSR count). The van der Waals surface area contributed by atoms with Gasteiger partial charge in [-0.2, -0.15) is 0 Å². The molecule has 0 bridgehead atoms. The van der Waals surface area contributed by atoms with Crippen LogP contribution in [0.2, 0.25) is 0 Å². The van der Waals surface area contributed by atoms with Crippen LogP contribution in [-0.4, -0.2) is 54.7 Å². The number of methoxy groups -OCH3 is 1. The van der Waals surface area contributed by atoms with E-state index in [1.165, 1.54) is 18.2 Å². The number of esters is 1. The van der Waals surface area contributed by atoms with Crippen molar-refractivity contribution in [3.8, 4) is 0 Å². The number of pyridine rings is 1. The Morgan fingerprint density at radius 2 is 2.32 bits per heavy atom. The van der Waals surface area contributed by atoms with Gasteiger partial charge in [-0.25, -0.2) is 9.18 Å². The number of rotatable bonds is 2. The van der Waals surface area contributed by atoms with E-state index >= 15 is 0 Å². The number of ether oxygens (including phenoxy) is 2. The number of nitrogens with zero attached hydrogens (tertiary/aromatic N) is 2. The summed E-state index contributed by atoms with van der Waals surface area (Å²) in [4.78, 5) is 28.5. The number of morpholine rings is 1. The van der Waals surface area contributed by atoms with Crippen LogP contribution in [0.5, 0.6) is 0 Å². The predicted octanol–water partition coefficient (Wildman–Crippen LogP) is 0.235. The molecule has 1 aromatic rings. The van der Waals surface area contributed by atoms with Crippen molar-refractivity contribution in [2.24, 2.45) is 0 Å². The zero-order valence-corrected chi connectivity index (χ0v) is 10.3. The van der Waals surface area contributed by atoms with E-state index in [9.17, 15) is 14.0 Å². The number of halogens is 1. The molecule has 0 N–H and O–H groups in total. The molecule has 7 heteroatoms. The molecule has 1 fully saturated rings. The van der Waals surface area contributed by atoms with E-state index in [1.807, 2.05) is 0 Å². The SMILES string of the molecule is COC(=O)C1CN(C(=O)c2cncc(F)c2)CCO1. The molecular formula is C12H13FN2O4. The summed E-state index contributed by atoms with van der Waals surface area (Å²) in [5, 5.41) is 0. The average Bonchev–Trinajstić information content (AvgIpc) is 2.45. The Balaban J connectivity index is 2.09. The van der Waals surface area contributed by atoms with E-state index < -0.39 is 17.9 Å². The lowest BCUT2D eigenvalue weighted by Gasteiger charge is -2.31. The predicted molar refractivity (Wildman–Crippen MR) is 61.9 cm³/mol. The van der Waals surface area contributed by atoms with Gasteiger partial charge in [-0.15, -0.1) is 0 Å². The molecule has 1 saturated heterocycles. The van der Waals surface area contributed by atoms with Gasteiger partial charge in [-0.1, -0.05) is 0 Å². The van der Waals surface area contributed by atoms with Crippen molar-refractivity contribution in [2.45, 2.75) is 6.10 Å². The summed E-state index contributed by atoms with van der Waals surface area (Å²) >= 11 is 0. The van der Waals surface area contributed by atoms with Gasteiger partial charge in [0.15, 0.2) is 6.10 Å². The van der Waals surface area contributed by atoms with Crippen molar-refractivity contribution in [3.63, 3.8) is 0 Å². The van der Waals surface area contributed by atoms with Gasteiger partial charge in [0.25, 0.3) is 5.91 Å². The van der Waals surface area contributed by atoms with Crippen LogP contribution >= 0.6 is 0 Å². The molecule has 1 amide bonds. The molecule has 0 saturated carbocycles. The van der Waals surface area contributed by atoms with Crippen LogP contribution in [0.25, 0.3) is 0 Å². The highest BCUT2D eigenvalue weighted by Gasteiger charge is 2.30. The van der Waals surface area contributed by atoms with Gasteiger partial charge in [0, 0.05) is 12.7 Å². The number of aromatic nitrogens is 1. The first-order valence-corrected chi connectivity index (χ1v) is 5.71. The summed E-state index contributed by atoms with van der Waals surface area (Å²) < 4.78 is 22.8. The molecule has 6 nitrogen and oxygen atoms in total. The van der Waals surface area contributed by atoms with E-state index in [2.05, 4.69) is 9.72 Å². The third kappa shape index (κ3) is 3.05. The normalized spacial score (nSPS) is 19.1. The minimum atomic E-state index is -0.802. The van der Waals surface area contributed by atoms with Gasteiger partial charge in [0.2, 0.25) is 0 Å². The van der Waals surface area contributed by atoms with Gasteiger partial charge in [0.1, 0.15) is 5.82 Å². The van der Waals surface area contributed by atoms with E-state index in [4.69, 9.17) is 4.74 Å². The molecule has 0 radical (unpaired) electrons. The van der Waals surface area contributed by atoms with Crippen LogP contribution in [0, 0.1) is 5.82 Å². The lowest BCUT2D eigenvalue weighted by atomic mass is 10.2. The summed E-state index contributed by atoms with van der Waals surface area (Å²) in [6.07, 6.45) is 1.51. The lowest BCUT2D eigenvalue weighted by molar-refractivity contribution is -0.158. The van der Waals surface area contributed by atoms with Crippen LogP contribution < -0.4 is 0 Å². The van der Waals surface area contributed by atoms with Gasteiger partial charge in [-0.3, -0.25) is 9.78 Å². The van der Waals surface area contributed by atoms with Crippen molar-refractivity contribution in [2.75, 3.05) is 26.8 Å². The van der Waals surface area contributed by atoms with Crippen molar-refractivity contribution < 1.29 is 23.5 Å². The summed E-state index contributed by atoms with van der Waals surface area (Å²) in [5.74, 6) is -1.50. The van der Waals surface area contributed by atoms with Crippen molar-refractivity contribution in [1.82, 2.24) is 9.88 Å². The fraction of sp³-hybridized carbons (Fsp3) is 0.417. The number of carbonyl (C=O) groups excluding carboxylic acids is 2. The first-order valence-electron chi connectivity index (χ1n) is 5.71. The molecule has 1 aromatic heterocycles. The molecule has 1 aliphatic heterocycles. The molecular weight excluding hydrogens is 255 g/mol. The molecule has 0 aliphatic carbocycles. The second-order valence-corrected chi connectivity index (χ2v) is 4.03. The van der Waals surface area contributed by atoms with Gasteiger partial charge >= 0.3 is 5.97 Å². The number of carbonyl (C=O) groups is 2. The Bertz CT molecular complexity index is 494. The van der Waals surface area contributed by atoms with E-state index in [0.717, 1.165) is 12.3 Å². The van der Waals surface area contributed by atoms with Crippen LogP contribution in [0.15, 0.2) is 18.5 Å². The van der Waals surface area contributed by atoms with E-state index in [-0.39, 0.29) is 24.6 Å². The van der Waals surface area contributed by atoms with Crippen molar-refractivity contribution >= 4 is 11.9 Å². The number of hydrogen-bond acceptors (Lipinski definition) is 5. The van der Waals surface area contributed by atoms with Gasteiger partial charge in [-0.05, 0) is 6.07 Å². The van der Waals surface area contributed by atoms with Gasteiger partial charge < -0.3 is 14.4 Å². The first-order chi connectivity index (χ1) is 9.11.